The molecule has 7 nitrogen and oxygen atoms in total. The Bertz CT molecular complexity index is 984. The third-order valence-electron chi connectivity index (χ3n) is 4.40. The predicted octanol–water partition coefficient (Wildman–Crippen LogP) is 2.09. The van der Waals surface area contributed by atoms with Crippen LogP contribution in [0.25, 0.3) is 0 Å². The summed E-state index contributed by atoms with van der Waals surface area (Å²) in [5.41, 5.74) is 2.67. The minimum Gasteiger partial charge on any atom is -0.357 e. The SMILES string of the molecule is CCNC(=NCc1ccc(S(C)(=O)=O)cc1)NCCc1cccc(C(=O)N(C)C)c1. The molecule has 1 amide bonds. The summed E-state index contributed by atoms with van der Waals surface area (Å²) in [5.74, 6) is 0.673. The summed E-state index contributed by atoms with van der Waals surface area (Å²) >= 11 is 0. The van der Waals surface area contributed by atoms with E-state index in [9.17, 15) is 13.2 Å². The van der Waals surface area contributed by atoms with Gasteiger partial charge in [0.05, 0.1) is 11.4 Å². The molecule has 2 N–H and O–H groups in total. The largest absolute Gasteiger partial charge is 0.357 e. The van der Waals surface area contributed by atoms with Crippen molar-refractivity contribution in [2.45, 2.75) is 24.8 Å². The first-order valence-corrected chi connectivity index (χ1v) is 11.7. The van der Waals surface area contributed by atoms with Crippen LogP contribution in [0.15, 0.2) is 58.4 Å². The van der Waals surface area contributed by atoms with Gasteiger partial charge in [0.2, 0.25) is 0 Å². The van der Waals surface area contributed by atoms with Gasteiger partial charge in [-0.25, -0.2) is 13.4 Å². The van der Waals surface area contributed by atoms with Crippen LogP contribution in [0.4, 0.5) is 0 Å². The molecule has 2 aromatic rings. The minimum absolute atomic E-state index is 0.0124. The Morgan fingerprint density at radius 2 is 1.73 bits per heavy atom. The molecule has 30 heavy (non-hydrogen) atoms. The van der Waals surface area contributed by atoms with E-state index in [-0.39, 0.29) is 5.91 Å². The van der Waals surface area contributed by atoms with Crippen molar-refractivity contribution in [3.8, 4) is 0 Å². The summed E-state index contributed by atoms with van der Waals surface area (Å²) in [6.45, 7) is 3.82. The van der Waals surface area contributed by atoms with Gasteiger partial charge in [0.1, 0.15) is 0 Å². The molecule has 0 spiro atoms. The number of amides is 1. The highest BCUT2D eigenvalue weighted by molar-refractivity contribution is 7.90. The summed E-state index contributed by atoms with van der Waals surface area (Å²) in [4.78, 5) is 18.5. The lowest BCUT2D eigenvalue weighted by molar-refractivity contribution is 0.0827. The fourth-order valence-corrected chi connectivity index (χ4v) is 3.43. The number of rotatable bonds is 8. The molecule has 0 aliphatic heterocycles. The number of carbonyl (C=O) groups excluding carboxylic acids is 1. The number of hydrogen-bond acceptors (Lipinski definition) is 4. The molecule has 0 unspecified atom stereocenters. The molecule has 0 saturated heterocycles. The molecule has 2 rings (SSSR count). The molecule has 0 bridgehead atoms. The molecule has 0 heterocycles. The second kappa shape index (κ2) is 10.8. The van der Waals surface area contributed by atoms with Crippen LogP contribution in [0.5, 0.6) is 0 Å². The smallest absolute Gasteiger partial charge is 0.253 e. The third-order valence-corrected chi connectivity index (χ3v) is 5.53. The first-order valence-electron chi connectivity index (χ1n) is 9.82. The van der Waals surface area contributed by atoms with Crippen molar-refractivity contribution in [1.82, 2.24) is 15.5 Å². The number of carbonyl (C=O) groups is 1. The van der Waals surface area contributed by atoms with Crippen molar-refractivity contribution < 1.29 is 13.2 Å². The van der Waals surface area contributed by atoms with Crippen LogP contribution in [0.3, 0.4) is 0 Å². The molecular formula is C22H30N4O3S. The highest BCUT2D eigenvalue weighted by Crippen LogP contribution is 2.11. The third kappa shape index (κ3) is 7.18. The topological polar surface area (TPSA) is 90.9 Å². The summed E-state index contributed by atoms with van der Waals surface area (Å²) in [6, 6.07) is 14.4. The van der Waals surface area contributed by atoms with E-state index in [1.165, 1.54) is 6.26 Å². The minimum atomic E-state index is -3.20. The van der Waals surface area contributed by atoms with E-state index in [2.05, 4.69) is 15.6 Å². The molecule has 0 aliphatic rings. The lowest BCUT2D eigenvalue weighted by Crippen LogP contribution is -2.38. The second-order valence-corrected chi connectivity index (χ2v) is 9.20. The molecular weight excluding hydrogens is 400 g/mol. The van der Waals surface area contributed by atoms with Crippen LogP contribution in [-0.2, 0) is 22.8 Å². The highest BCUT2D eigenvalue weighted by atomic mass is 32.2. The Kier molecular flexibility index (Phi) is 8.41. The molecule has 8 heteroatoms. The quantitative estimate of drug-likeness (QED) is 0.494. The van der Waals surface area contributed by atoms with E-state index in [0.717, 1.165) is 24.1 Å². The van der Waals surface area contributed by atoms with E-state index < -0.39 is 9.84 Å². The van der Waals surface area contributed by atoms with Crippen molar-refractivity contribution >= 4 is 21.7 Å². The normalized spacial score (nSPS) is 11.8. The van der Waals surface area contributed by atoms with Gasteiger partial charge in [-0.15, -0.1) is 0 Å². The molecule has 0 aromatic heterocycles. The van der Waals surface area contributed by atoms with Gasteiger partial charge in [-0.1, -0.05) is 24.3 Å². The standard InChI is InChI=1S/C22H30N4O3S/c1-5-23-22(25-16-18-9-11-20(12-10-18)30(4,28)29)24-14-13-17-7-6-8-19(15-17)21(27)26(2)3/h6-12,15H,5,13-14,16H2,1-4H3,(H2,23,24,25). The molecule has 0 atom stereocenters. The number of benzene rings is 2. The molecule has 162 valence electrons. The molecule has 2 aromatic carbocycles. The number of aliphatic imine (C=N–C) groups is 1. The first-order chi connectivity index (χ1) is 14.2. The zero-order chi connectivity index (χ0) is 22.1. The van der Waals surface area contributed by atoms with Gasteiger partial charge in [-0.2, -0.15) is 0 Å². The van der Waals surface area contributed by atoms with Gasteiger partial charge in [0, 0.05) is 39.0 Å². The van der Waals surface area contributed by atoms with E-state index in [4.69, 9.17) is 0 Å². The number of nitrogens with one attached hydrogen (secondary N) is 2. The monoisotopic (exact) mass is 430 g/mol. The van der Waals surface area contributed by atoms with E-state index >= 15 is 0 Å². The molecule has 0 radical (unpaired) electrons. The van der Waals surface area contributed by atoms with E-state index in [1.807, 2.05) is 31.2 Å². The van der Waals surface area contributed by atoms with Gasteiger partial charge in [0.25, 0.3) is 5.91 Å². The van der Waals surface area contributed by atoms with Crippen molar-refractivity contribution in [1.29, 1.82) is 0 Å². The maximum Gasteiger partial charge on any atom is 0.253 e. The fourth-order valence-electron chi connectivity index (χ4n) is 2.80. The number of hydrogen-bond donors (Lipinski definition) is 2. The van der Waals surface area contributed by atoms with Crippen LogP contribution < -0.4 is 10.6 Å². The van der Waals surface area contributed by atoms with Crippen LogP contribution in [0.2, 0.25) is 0 Å². The lowest BCUT2D eigenvalue weighted by atomic mass is 10.1. The summed E-state index contributed by atoms with van der Waals surface area (Å²) in [6.07, 6.45) is 1.95. The van der Waals surface area contributed by atoms with Crippen LogP contribution in [-0.4, -0.2) is 58.6 Å². The van der Waals surface area contributed by atoms with Gasteiger partial charge >= 0.3 is 0 Å². The summed E-state index contributed by atoms with van der Waals surface area (Å²) < 4.78 is 23.1. The first kappa shape index (κ1) is 23.4. The Balaban J connectivity index is 1.96. The average molecular weight is 431 g/mol. The van der Waals surface area contributed by atoms with Crippen LogP contribution in [0, 0.1) is 0 Å². The Morgan fingerprint density at radius 3 is 2.33 bits per heavy atom. The van der Waals surface area contributed by atoms with Gasteiger partial charge in [-0.05, 0) is 48.7 Å². The van der Waals surface area contributed by atoms with Gasteiger partial charge in [-0.3, -0.25) is 4.79 Å². The Hall–Kier alpha value is -2.87. The number of nitrogens with zero attached hydrogens (tertiary/aromatic N) is 2. The average Bonchev–Trinajstić information content (AvgIpc) is 2.71. The predicted molar refractivity (Wildman–Crippen MR) is 121 cm³/mol. The second-order valence-electron chi connectivity index (χ2n) is 7.19. The van der Waals surface area contributed by atoms with Crippen molar-refractivity contribution in [2.75, 3.05) is 33.4 Å². The zero-order valence-electron chi connectivity index (χ0n) is 18.0. The molecule has 0 aliphatic carbocycles. The Labute approximate surface area is 179 Å². The maximum absolute atomic E-state index is 12.1. The number of sulfone groups is 1. The lowest BCUT2D eigenvalue weighted by Gasteiger charge is -2.13. The van der Waals surface area contributed by atoms with Gasteiger partial charge < -0.3 is 15.5 Å². The van der Waals surface area contributed by atoms with Crippen LogP contribution >= 0.6 is 0 Å². The van der Waals surface area contributed by atoms with E-state index in [1.54, 1.807) is 43.3 Å². The molecule has 0 fully saturated rings. The van der Waals surface area contributed by atoms with E-state index in [0.29, 0.717) is 29.5 Å². The zero-order valence-corrected chi connectivity index (χ0v) is 18.8. The fraction of sp³-hybridized carbons (Fsp3) is 0.364. The van der Waals surface area contributed by atoms with Crippen molar-refractivity contribution in [3.63, 3.8) is 0 Å². The maximum atomic E-state index is 12.1. The molecule has 0 saturated carbocycles. The number of guanidine groups is 1. The Morgan fingerprint density at radius 1 is 1.03 bits per heavy atom. The van der Waals surface area contributed by atoms with Crippen LogP contribution in [0.1, 0.15) is 28.4 Å². The highest BCUT2D eigenvalue weighted by Gasteiger charge is 2.08. The van der Waals surface area contributed by atoms with Crippen molar-refractivity contribution in [2.24, 2.45) is 4.99 Å². The summed E-state index contributed by atoms with van der Waals surface area (Å²) in [5, 5.41) is 6.50. The summed E-state index contributed by atoms with van der Waals surface area (Å²) in [7, 11) is 0.286. The van der Waals surface area contributed by atoms with Gasteiger partial charge in [0.15, 0.2) is 15.8 Å². The van der Waals surface area contributed by atoms with Crippen molar-refractivity contribution in [3.05, 3.63) is 65.2 Å².